The molecular weight excluding hydrogens is 180 g/mol. The highest BCUT2D eigenvalue weighted by Crippen LogP contribution is 2.15. The Morgan fingerprint density at radius 1 is 1.50 bits per heavy atom. The van der Waals surface area contributed by atoms with Crippen molar-refractivity contribution >= 4 is 0 Å². The smallest absolute Gasteiger partial charge is 0.288 e. The van der Waals surface area contributed by atoms with Gasteiger partial charge in [0.15, 0.2) is 5.82 Å². The zero-order chi connectivity index (χ0) is 9.97. The maximum atomic E-state index is 10.9. The number of H-pyrrole nitrogens is 2. The van der Waals surface area contributed by atoms with Crippen LogP contribution in [-0.2, 0) is 6.42 Å². The van der Waals surface area contributed by atoms with Crippen LogP contribution >= 0.6 is 0 Å². The average Bonchev–Trinajstić information content (AvgIpc) is 2.65. The highest BCUT2D eigenvalue weighted by Gasteiger charge is 2.07. The van der Waals surface area contributed by atoms with Crippen molar-refractivity contribution in [2.45, 2.75) is 13.3 Å². The van der Waals surface area contributed by atoms with Crippen molar-refractivity contribution in [1.29, 1.82) is 0 Å². The highest BCUT2D eigenvalue weighted by molar-refractivity contribution is 5.53. The summed E-state index contributed by atoms with van der Waals surface area (Å²) in [7, 11) is 0. The van der Waals surface area contributed by atoms with Gasteiger partial charge in [0.2, 0.25) is 0 Å². The molecule has 0 amide bonds. The molecule has 2 rings (SSSR count). The first-order chi connectivity index (χ1) is 6.81. The lowest BCUT2D eigenvalue weighted by Crippen LogP contribution is -2.01. The number of aromatic nitrogens is 4. The van der Waals surface area contributed by atoms with Crippen LogP contribution in [0.5, 0.6) is 0 Å². The van der Waals surface area contributed by atoms with Gasteiger partial charge in [-0.05, 0) is 18.1 Å². The molecule has 2 aromatic heterocycles. The van der Waals surface area contributed by atoms with E-state index in [-0.39, 0.29) is 5.69 Å². The summed E-state index contributed by atoms with van der Waals surface area (Å²) < 4.78 is 0. The molecule has 0 fully saturated rings. The van der Waals surface area contributed by atoms with E-state index < -0.39 is 0 Å². The van der Waals surface area contributed by atoms with Gasteiger partial charge in [0.1, 0.15) is 5.69 Å². The molecule has 5 heteroatoms. The average molecular weight is 190 g/mol. The number of hydrogen-bond donors (Lipinski definition) is 2. The first-order valence-electron chi connectivity index (χ1n) is 4.40. The van der Waals surface area contributed by atoms with Gasteiger partial charge < -0.3 is 0 Å². The highest BCUT2D eigenvalue weighted by atomic mass is 16.1. The molecule has 0 aliphatic rings. The fraction of sp³-hybridized carbons (Fsp3) is 0.222. The zero-order valence-electron chi connectivity index (χ0n) is 7.74. The molecule has 0 spiro atoms. The van der Waals surface area contributed by atoms with Gasteiger partial charge in [-0.1, -0.05) is 13.0 Å². The van der Waals surface area contributed by atoms with E-state index in [1.807, 2.05) is 19.1 Å². The number of rotatable bonds is 2. The first-order valence-corrected chi connectivity index (χ1v) is 4.40. The van der Waals surface area contributed by atoms with Crippen molar-refractivity contribution in [3.8, 4) is 11.5 Å². The number of hydrogen-bond acceptors (Lipinski definition) is 3. The molecule has 14 heavy (non-hydrogen) atoms. The van der Waals surface area contributed by atoms with E-state index in [1.54, 1.807) is 6.20 Å². The molecule has 0 radical (unpaired) electrons. The van der Waals surface area contributed by atoms with Crippen molar-refractivity contribution in [2.24, 2.45) is 0 Å². The fourth-order valence-corrected chi connectivity index (χ4v) is 1.32. The Bertz CT molecular complexity index is 485. The molecule has 0 atom stereocenters. The third-order valence-electron chi connectivity index (χ3n) is 2.00. The summed E-state index contributed by atoms with van der Waals surface area (Å²) in [6.07, 6.45) is 2.54. The summed E-state index contributed by atoms with van der Waals surface area (Å²) in [6, 6.07) is 3.84. The molecule has 0 aliphatic heterocycles. The number of nitrogens with one attached hydrogen (secondary N) is 2. The number of pyridine rings is 1. The summed E-state index contributed by atoms with van der Waals surface area (Å²) >= 11 is 0. The van der Waals surface area contributed by atoms with Crippen molar-refractivity contribution in [3.63, 3.8) is 0 Å². The first kappa shape index (κ1) is 8.68. The maximum absolute atomic E-state index is 10.9. The molecule has 2 N–H and O–H groups in total. The number of aromatic amines is 2. The van der Waals surface area contributed by atoms with Crippen LogP contribution in [0.4, 0.5) is 0 Å². The topological polar surface area (TPSA) is 74.4 Å². The van der Waals surface area contributed by atoms with Gasteiger partial charge in [-0.3, -0.25) is 9.97 Å². The Labute approximate surface area is 80.2 Å². The summed E-state index contributed by atoms with van der Waals surface area (Å²) in [5.41, 5.74) is 1.48. The predicted octanol–water partition coefficient (Wildman–Crippen LogP) is 0.722. The van der Waals surface area contributed by atoms with Gasteiger partial charge >= 0.3 is 5.69 Å². The largest absolute Gasteiger partial charge is 0.340 e. The standard InChI is InChI=1S/C9H10N4O/c1-2-6-4-3-5-10-7(6)8-11-9(14)13-12-8/h3-5H,2H2,1H3,(H2,11,12,13,14). The quantitative estimate of drug-likeness (QED) is 0.732. The molecule has 0 aliphatic carbocycles. The molecule has 0 unspecified atom stereocenters. The van der Waals surface area contributed by atoms with Crippen LogP contribution in [0.1, 0.15) is 12.5 Å². The van der Waals surface area contributed by atoms with Crippen molar-refractivity contribution in [2.75, 3.05) is 0 Å². The maximum Gasteiger partial charge on any atom is 0.340 e. The van der Waals surface area contributed by atoms with Gasteiger partial charge in [-0.25, -0.2) is 9.89 Å². The third kappa shape index (κ3) is 1.44. The van der Waals surface area contributed by atoms with E-state index in [0.717, 1.165) is 17.7 Å². The van der Waals surface area contributed by atoms with E-state index in [0.29, 0.717) is 5.82 Å². The number of nitrogens with zero attached hydrogens (tertiary/aromatic N) is 2. The van der Waals surface area contributed by atoms with Gasteiger partial charge in [0.25, 0.3) is 0 Å². The molecule has 2 heterocycles. The predicted molar refractivity (Wildman–Crippen MR) is 51.8 cm³/mol. The minimum absolute atomic E-state index is 0.312. The van der Waals surface area contributed by atoms with Crippen LogP contribution in [0.3, 0.4) is 0 Å². The molecular formula is C9H10N4O. The van der Waals surface area contributed by atoms with Crippen molar-refractivity contribution in [3.05, 3.63) is 34.4 Å². The third-order valence-corrected chi connectivity index (χ3v) is 2.00. The van der Waals surface area contributed by atoms with E-state index in [1.165, 1.54) is 0 Å². The molecule has 0 aromatic carbocycles. The molecule has 0 bridgehead atoms. The van der Waals surface area contributed by atoms with Gasteiger partial charge in [0, 0.05) is 6.20 Å². The lowest BCUT2D eigenvalue weighted by atomic mass is 10.1. The van der Waals surface area contributed by atoms with Gasteiger partial charge in [-0.15, -0.1) is 0 Å². The van der Waals surface area contributed by atoms with Crippen LogP contribution in [0.15, 0.2) is 23.1 Å². The fourth-order valence-electron chi connectivity index (χ4n) is 1.32. The van der Waals surface area contributed by atoms with E-state index in [2.05, 4.69) is 20.2 Å². The zero-order valence-corrected chi connectivity index (χ0v) is 7.74. The van der Waals surface area contributed by atoms with Crippen LogP contribution in [0, 0.1) is 0 Å². The second-order valence-electron chi connectivity index (χ2n) is 2.89. The normalized spacial score (nSPS) is 10.4. The molecule has 0 saturated heterocycles. The van der Waals surface area contributed by atoms with E-state index in [4.69, 9.17) is 0 Å². The summed E-state index contributed by atoms with van der Waals surface area (Å²) in [5.74, 6) is 0.493. The number of aryl methyl sites for hydroxylation is 1. The van der Waals surface area contributed by atoms with Crippen LogP contribution < -0.4 is 5.69 Å². The second-order valence-corrected chi connectivity index (χ2v) is 2.89. The minimum Gasteiger partial charge on any atom is -0.288 e. The Morgan fingerprint density at radius 3 is 3.00 bits per heavy atom. The van der Waals surface area contributed by atoms with Crippen LogP contribution in [-0.4, -0.2) is 20.2 Å². The Hall–Kier alpha value is -1.91. The Balaban J connectivity index is 2.55. The Kier molecular flexibility index (Phi) is 2.14. The van der Waals surface area contributed by atoms with Crippen LogP contribution in [0.25, 0.3) is 11.5 Å². The summed E-state index contributed by atoms with van der Waals surface area (Å²) in [4.78, 5) is 17.6. The van der Waals surface area contributed by atoms with E-state index in [9.17, 15) is 4.79 Å². The van der Waals surface area contributed by atoms with Gasteiger partial charge in [0.05, 0.1) is 0 Å². The van der Waals surface area contributed by atoms with Crippen molar-refractivity contribution in [1.82, 2.24) is 20.2 Å². The lowest BCUT2D eigenvalue weighted by Gasteiger charge is -2.01. The second kappa shape index (κ2) is 3.45. The molecule has 0 saturated carbocycles. The minimum atomic E-state index is -0.312. The van der Waals surface area contributed by atoms with Crippen molar-refractivity contribution < 1.29 is 0 Å². The van der Waals surface area contributed by atoms with Crippen LogP contribution in [0.2, 0.25) is 0 Å². The van der Waals surface area contributed by atoms with E-state index >= 15 is 0 Å². The molecule has 2 aromatic rings. The summed E-state index contributed by atoms with van der Waals surface area (Å²) in [5, 5.41) is 6.16. The SMILES string of the molecule is CCc1cccnc1-c1n[nH]c(=O)[nH]1. The molecule has 72 valence electrons. The lowest BCUT2D eigenvalue weighted by molar-refractivity contribution is 1.04. The Morgan fingerprint density at radius 2 is 2.36 bits per heavy atom. The van der Waals surface area contributed by atoms with Gasteiger partial charge in [-0.2, -0.15) is 5.10 Å². The monoisotopic (exact) mass is 190 g/mol. The summed E-state index contributed by atoms with van der Waals surface area (Å²) in [6.45, 7) is 2.03. The molecule has 5 nitrogen and oxygen atoms in total.